The lowest BCUT2D eigenvalue weighted by molar-refractivity contribution is -0.134. The summed E-state index contributed by atoms with van der Waals surface area (Å²) in [5.74, 6) is 0.0855. The van der Waals surface area contributed by atoms with Crippen molar-refractivity contribution in [2.24, 2.45) is 5.41 Å². The van der Waals surface area contributed by atoms with Crippen molar-refractivity contribution in [1.82, 2.24) is 9.88 Å². The molecule has 2 heterocycles. The average molecular weight is 431 g/mol. The van der Waals surface area contributed by atoms with Crippen molar-refractivity contribution in [3.8, 4) is 11.9 Å². The van der Waals surface area contributed by atoms with Gasteiger partial charge >= 0.3 is 0 Å². The summed E-state index contributed by atoms with van der Waals surface area (Å²) >= 11 is 0. The third kappa shape index (κ3) is 4.41. The van der Waals surface area contributed by atoms with E-state index in [9.17, 15) is 14.9 Å². The summed E-state index contributed by atoms with van der Waals surface area (Å²) in [4.78, 5) is 31.6. The number of nitrogens with zero attached hydrogens (tertiary/aromatic N) is 3. The van der Waals surface area contributed by atoms with Crippen LogP contribution in [-0.4, -0.2) is 46.9 Å². The van der Waals surface area contributed by atoms with Crippen molar-refractivity contribution in [2.75, 3.05) is 19.7 Å². The fraction of sp³-hybridized carbons (Fsp3) is 0.360. The molecule has 0 N–H and O–H groups in total. The molecule has 1 amide bonds. The monoisotopic (exact) mass is 431 g/mol. The fourth-order valence-corrected chi connectivity index (χ4v) is 4.34. The summed E-state index contributed by atoms with van der Waals surface area (Å²) in [5, 5.41) is 9.41. The molecule has 1 aliphatic carbocycles. The van der Waals surface area contributed by atoms with Crippen molar-refractivity contribution in [3.63, 3.8) is 0 Å². The van der Waals surface area contributed by atoms with Crippen LogP contribution < -0.4 is 4.74 Å². The number of hydrogen-bond acceptors (Lipinski definition) is 6. The highest BCUT2D eigenvalue weighted by Gasteiger charge is 2.48. The number of carbonyl (C=O) groups is 2. The molecule has 1 saturated heterocycles. The Hall–Kier alpha value is -3.50. The maximum Gasteiger partial charge on any atom is 0.255 e. The van der Waals surface area contributed by atoms with E-state index in [2.05, 4.69) is 4.98 Å². The number of nitriles is 1. The number of ketones is 1. The SMILES string of the molecule is CC1(C)CC2(C=C(C#N)C1=O)CN(C(=O)c1ccc(OCc3ccccc3)nc1)CCO2. The van der Waals surface area contributed by atoms with Crippen LogP contribution in [0.2, 0.25) is 0 Å². The smallest absolute Gasteiger partial charge is 0.255 e. The molecule has 2 aliphatic rings. The van der Waals surface area contributed by atoms with Gasteiger partial charge in [0.2, 0.25) is 5.88 Å². The van der Waals surface area contributed by atoms with E-state index in [1.165, 1.54) is 6.20 Å². The molecular formula is C25H25N3O4. The van der Waals surface area contributed by atoms with Crippen molar-refractivity contribution in [1.29, 1.82) is 5.26 Å². The minimum atomic E-state index is -0.845. The zero-order valence-electron chi connectivity index (χ0n) is 18.2. The predicted octanol–water partition coefficient (Wildman–Crippen LogP) is 3.32. The van der Waals surface area contributed by atoms with Gasteiger partial charge in [-0.2, -0.15) is 5.26 Å². The van der Waals surface area contributed by atoms with E-state index in [1.807, 2.05) is 50.2 Å². The van der Waals surface area contributed by atoms with Crippen LogP contribution in [0.4, 0.5) is 0 Å². The number of hydrogen-bond donors (Lipinski definition) is 0. The topological polar surface area (TPSA) is 92.5 Å². The molecular weight excluding hydrogens is 406 g/mol. The maximum atomic E-state index is 13.1. The highest BCUT2D eigenvalue weighted by atomic mass is 16.5. The van der Waals surface area contributed by atoms with Gasteiger partial charge in [-0.25, -0.2) is 4.98 Å². The first-order chi connectivity index (χ1) is 15.3. The minimum Gasteiger partial charge on any atom is -0.473 e. The van der Waals surface area contributed by atoms with Crippen LogP contribution in [0.15, 0.2) is 60.3 Å². The zero-order valence-corrected chi connectivity index (χ0v) is 18.2. The number of rotatable bonds is 4. The molecule has 7 heteroatoms. The lowest BCUT2D eigenvalue weighted by Crippen LogP contribution is -2.57. The van der Waals surface area contributed by atoms with E-state index in [0.717, 1.165) is 5.56 Å². The Morgan fingerprint density at radius 1 is 1.25 bits per heavy atom. The van der Waals surface area contributed by atoms with Crippen LogP contribution in [-0.2, 0) is 16.1 Å². The van der Waals surface area contributed by atoms with Crippen LogP contribution in [0.25, 0.3) is 0 Å². The minimum absolute atomic E-state index is 0.0946. The molecule has 32 heavy (non-hydrogen) atoms. The van der Waals surface area contributed by atoms with Crippen LogP contribution in [0.1, 0.15) is 36.2 Å². The average Bonchev–Trinajstić information content (AvgIpc) is 2.80. The number of carbonyl (C=O) groups excluding carboxylic acids is 2. The summed E-state index contributed by atoms with van der Waals surface area (Å²) in [7, 11) is 0. The number of aromatic nitrogens is 1. The lowest BCUT2D eigenvalue weighted by atomic mass is 9.69. The quantitative estimate of drug-likeness (QED) is 0.737. The van der Waals surface area contributed by atoms with Gasteiger partial charge in [-0.1, -0.05) is 44.2 Å². The van der Waals surface area contributed by atoms with E-state index < -0.39 is 11.0 Å². The number of pyridine rings is 1. The molecule has 164 valence electrons. The Labute approximate surface area is 187 Å². The largest absolute Gasteiger partial charge is 0.473 e. The highest BCUT2D eigenvalue weighted by Crippen LogP contribution is 2.41. The molecule has 0 radical (unpaired) electrons. The van der Waals surface area contributed by atoms with Crippen LogP contribution in [0, 0.1) is 16.7 Å². The first-order valence-corrected chi connectivity index (χ1v) is 10.6. The van der Waals surface area contributed by atoms with Gasteiger partial charge in [-0.3, -0.25) is 9.59 Å². The number of allylic oxidation sites excluding steroid dienone is 1. The van der Waals surface area contributed by atoms with Gasteiger partial charge in [-0.15, -0.1) is 0 Å². The molecule has 1 unspecified atom stereocenters. The molecule has 0 bridgehead atoms. The second-order valence-corrected chi connectivity index (χ2v) is 8.86. The predicted molar refractivity (Wildman–Crippen MR) is 117 cm³/mol. The standard InChI is InChI=1S/C25H25N3O4/c1-24(2)16-25(12-20(13-26)22(24)29)17-28(10-11-32-25)23(30)19-8-9-21(27-14-19)31-15-18-6-4-3-5-7-18/h3-9,12,14H,10-11,15-17H2,1-2H3. The van der Waals surface area contributed by atoms with E-state index in [1.54, 1.807) is 23.1 Å². The Kier molecular flexibility index (Phi) is 5.81. The van der Waals surface area contributed by atoms with Crippen molar-refractivity contribution in [2.45, 2.75) is 32.5 Å². The van der Waals surface area contributed by atoms with Crippen LogP contribution in [0.5, 0.6) is 5.88 Å². The number of ether oxygens (including phenoxy) is 2. The number of Topliss-reactive ketones (excluding diaryl/α,β-unsaturated/α-hetero) is 1. The van der Waals surface area contributed by atoms with E-state index in [0.29, 0.717) is 37.6 Å². The summed E-state index contributed by atoms with van der Waals surface area (Å²) in [6, 6.07) is 15.1. The van der Waals surface area contributed by atoms with Gasteiger partial charge in [-0.05, 0) is 24.1 Å². The molecule has 2 aromatic rings. The van der Waals surface area contributed by atoms with Crippen molar-refractivity contribution < 1.29 is 19.1 Å². The summed E-state index contributed by atoms with van der Waals surface area (Å²) in [6.45, 7) is 5.05. The first kappa shape index (κ1) is 21.7. The number of benzene rings is 1. The molecule has 1 aliphatic heterocycles. The Morgan fingerprint density at radius 3 is 2.72 bits per heavy atom. The van der Waals surface area contributed by atoms with Gasteiger partial charge in [0, 0.05) is 24.2 Å². The molecule has 0 saturated carbocycles. The van der Waals surface area contributed by atoms with Crippen LogP contribution in [0.3, 0.4) is 0 Å². The van der Waals surface area contributed by atoms with Crippen molar-refractivity contribution >= 4 is 11.7 Å². The highest BCUT2D eigenvalue weighted by molar-refractivity contribution is 6.04. The summed E-state index contributed by atoms with van der Waals surface area (Å²) in [6.07, 6.45) is 3.52. The molecule has 1 aromatic carbocycles. The molecule has 1 atom stereocenters. The fourth-order valence-electron chi connectivity index (χ4n) is 4.34. The Morgan fingerprint density at radius 2 is 2.03 bits per heavy atom. The molecule has 1 aromatic heterocycles. The number of amides is 1. The van der Waals surface area contributed by atoms with Gasteiger partial charge in [0.25, 0.3) is 5.91 Å². The van der Waals surface area contributed by atoms with E-state index >= 15 is 0 Å². The van der Waals surface area contributed by atoms with Crippen LogP contribution >= 0.6 is 0 Å². The maximum absolute atomic E-state index is 13.1. The normalized spacial score (nSPS) is 22.2. The second kappa shape index (κ2) is 8.56. The zero-order chi connectivity index (χ0) is 22.8. The second-order valence-electron chi connectivity index (χ2n) is 8.86. The number of morpholine rings is 1. The molecule has 4 rings (SSSR count). The van der Waals surface area contributed by atoms with Gasteiger partial charge in [0.05, 0.1) is 24.3 Å². The lowest BCUT2D eigenvalue weighted by Gasteiger charge is -2.46. The van der Waals surface area contributed by atoms with E-state index in [4.69, 9.17) is 9.47 Å². The van der Waals surface area contributed by atoms with Gasteiger partial charge < -0.3 is 14.4 Å². The Bertz CT molecular complexity index is 1090. The molecule has 1 fully saturated rings. The molecule has 7 nitrogen and oxygen atoms in total. The van der Waals surface area contributed by atoms with Gasteiger partial charge in [0.15, 0.2) is 5.78 Å². The van der Waals surface area contributed by atoms with Crippen molar-refractivity contribution in [3.05, 3.63) is 71.4 Å². The summed E-state index contributed by atoms with van der Waals surface area (Å²) < 4.78 is 11.7. The molecule has 1 spiro atoms. The Balaban J connectivity index is 1.46. The van der Waals surface area contributed by atoms with Gasteiger partial charge in [0.1, 0.15) is 18.3 Å². The van der Waals surface area contributed by atoms with E-state index in [-0.39, 0.29) is 23.8 Å². The first-order valence-electron chi connectivity index (χ1n) is 10.6. The third-order valence-electron chi connectivity index (χ3n) is 5.84. The third-order valence-corrected chi connectivity index (χ3v) is 5.84. The summed E-state index contributed by atoms with van der Waals surface area (Å²) in [5.41, 5.74) is 0.00175.